The number of quaternary nitrogens is 1. The van der Waals surface area contributed by atoms with E-state index < -0.39 is 5.92 Å². The van der Waals surface area contributed by atoms with Gasteiger partial charge in [-0.3, -0.25) is 9.59 Å². The number of morpholine rings is 1. The van der Waals surface area contributed by atoms with Gasteiger partial charge < -0.3 is 18.7 Å². The summed E-state index contributed by atoms with van der Waals surface area (Å²) < 4.78 is 18.3. The second kappa shape index (κ2) is 8.31. The first-order valence-electron chi connectivity index (χ1n) is 11.3. The first kappa shape index (κ1) is 21.3. The molecule has 30 heavy (non-hydrogen) atoms. The van der Waals surface area contributed by atoms with Crippen LogP contribution in [0.4, 0.5) is 0 Å². The zero-order valence-electron chi connectivity index (χ0n) is 18.5. The Hall–Kier alpha value is -1.92. The molecule has 0 amide bonds. The summed E-state index contributed by atoms with van der Waals surface area (Å²) in [4.78, 5) is 25.5. The molecule has 6 atom stereocenters. The Morgan fingerprint density at radius 1 is 1.03 bits per heavy atom. The molecule has 0 saturated carbocycles. The van der Waals surface area contributed by atoms with E-state index in [-0.39, 0.29) is 30.6 Å². The highest BCUT2D eigenvalue weighted by Crippen LogP contribution is 2.51. The predicted molar refractivity (Wildman–Crippen MR) is 112 cm³/mol. The van der Waals surface area contributed by atoms with Crippen LogP contribution >= 0.6 is 0 Å². The Bertz CT molecular complexity index is 755. The molecule has 3 aliphatic heterocycles. The minimum atomic E-state index is -0.600. The molecule has 6 nitrogen and oxygen atoms in total. The van der Waals surface area contributed by atoms with E-state index in [1.165, 1.54) is 0 Å². The second-order valence-electron chi connectivity index (χ2n) is 9.47. The van der Waals surface area contributed by atoms with Crippen molar-refractivity contribution in [3.63, 3.8) is 0 Å². The van der Waals surface area contributed by atoms with Crippen LogP contribution < -0.4 is 0 Å². The van der Waals surface area contributed by atoms with Gasteiger partial charge in [-0.15, -0.1) is 0 Å². The van der Waals surface area contributed by atoms with Crippen LogP contribution in [0.1, 0.15) is 51.0 Å². The van der Waals surface area contributed by atoms with Gasteiger partial charge in [-0.2, -0.15) is 0 Å². The summed E-state index contributed by atoms with van der Waals surface area (Å²) in [7, 11) is 4.51. The smallest absolute Gasteiger partial charge is 0.317 e. The Labute approximate surface area is 179 Å². The lowest BCUT2D eigenvalue weighted by Gasteiger charge is -2.45. The van der Waals surface area contributed by atoms with Crippen LogP contribution in [0.15, 0.2) is 30.3 Å². The van der Waals surface area contributed by atoms with E-state index in [1.54, 1.807) is 0 Å². The topological polar surface area (TPSA) is 65.1 Å². The SMILES string of the molecule is CCC(CC)C(=O)OC[C@@H](C(=O)OC1C[C@@H]2[C@@H]3O[C@@H]3[C@H](C1)[N+]2(C)C)c1ccccc1. The maximum Gasteiger partial charge on any atom is 0.317 e. The molecule has 164 valence electrons. The van der Waals surface area contributed by atoms with Crippen molar-refractivity contribution in [2.24, 2.45) is 5.92 Å². The molecule has 1 unspecified atom stereocenters. The Morgan fingerprint density at radius 3 is 2.20 bits per heavy atom. The normalized spacial score (nSPS) is 31.7. The third-order valence-corrected chi connectivity index (χ3v) is 7.52. The van der Waals surface area contributed by atoms with Gasteiger partial charge in [0.25, 0.3) is 0 Å². The van der Waals surface area contributed by atoms with Gasteiger partial charge in [0.1, 0.15) is 42.9 Å². The van der Waals surface area contributed by atoms with Crippen molar-refractivity contribution in [3.05, 3.63) is 35.9 Å². The molecule has 2 bridgehead atoms. The fourth-order valence-electron chi connectivity index (χ4n) is 5.44. The number of carbonyl (C=O) groups excluding carboxylic acids is 2. The van der Waals surface area contributed by atoms with Gasteiger partial charge in [-0.05, 0) is 18.4 Å². The molecule has 0 aromatic heterocycles. The molecule has 0 N–H and O–H groups in total. The number of piperidine rings is 1. The monoisotopic (exact) mass is 416 g/mol. The highest BCUT2D eigenvalue weighted by atomic mass is 16.6. The summed E-state index contributed by atoms with van der Waals surface area (Å²) in [6.07, 6.45) is 3.66. The highest BCUT2D eigenvalue weighted by molar-refractivity contribution is 5.79. The maximum absolute atomic E-state index is 13.2. The van der Waals surface area contributed by atoms with Crippen molar-refractivity contribution in [2.75, 3.05) is 20.7 Å². The summed E-state index contributed by atoms with van der Waals surface area (Å²) in [6, 6.07) is 10.2. The summed E-state index contributed by atoms with van der Waals surface area (Å²) >= 11 is 0. The number of hydrogen-bond acceptors (Lipinski definition) is 5. The van der Waals surface area contributed by atoms with Crippen molar-refractivity contribution < 1.29 is 28.3 Å². The van der Waals surface area contributed by atoms with Gasteiger partial charge in [0.15, 0.2) is 0 Å². The van der Waals surface area contributed by atoms with Gasteiger partial charge in [0.05, 0.1) is 20.0 Å². The molecule has 3 fully saturated rings. The summed E-state index contributed by atoms with van der Waals surface area (Å²) in [6.45, 7) is 3.97. The molecule has 1 aromatic carbocycles. The van der Waals surface area contributed by atoms with E-state index in [4.69, 9.17) is 14.2 Å². The summed E-state index contributed by atoms with van der Waals surface area (Å²) in [5.41, 5.74) is 0.820. The molecular formula is C24H34NO5+. The number of ether oxygens (including phenoxy) is 3. The Balaban J connectivity index is 1.42. The third kappa shape index (κ3) is 3.87. The van der Waals surface area contributed by atoms with Gasteiger partial charge in [0, 0.05) is 12.8 Å². The van der Waals surface area contributed by atoms with Crippen LogP contribution in [0.2, 0.25) is 0 Å². The number of rotatable bonds is 8. The number of esters is 2. The lowest BCUT2D eigenvalue weighted by molar-refractivity contribution is -0.938. The van der Waals surface area contributed by atoms with Crippen molar-refractivity contribution in [3.8, 4) is 0 Å². The minimum Gasteiger partial charge on any atom is -0.464 e. The van der Waals surface area contributed by atoms with Gasteiger partial charge in [0.2, 0.25) is 0 Å². The molecule has 0 radical (unpaired) electrons. The summed E-state index contributed by atoms with van der Waals surface area (Å²) in [5.74, 6) is -1.26. The van der Waals surface area contributed by atoms with E-state index in [2.05, 4.69) is 14.1 Å². The zero-order chi connectivity index (χ0) is 21.5. The molecule has 6 heteroatoms. The lowest BCUT2D eigenvalue weighted by atomic mass is 9.95. The van der Waals surface area contributed by atoms with Gasteiger partial charge in [-0.25, -0.2) is 0 Å². The number of nitrogens with zero attached hydrogens (tertiary/aromatic N) is 1. The standard InChI is InChI=1S/C24H34NO5/c1-5-15(6-2)23(26)28-14-18(16-10-8-7-9-11-16)24(27)29-17-12-19-21-22(30-21)20(13-17)25(19,3)4/h7-11,15,17-22H,5-6,12-14H2,1-4H3/q+1/t17?,18-,19-,20+,21+,22-/m1/s1. The van der Waals surface area contributed by atoms with Gasteiger partial charge >= 0.3 is 11.9 Å². The molecule has 3 aliphatic rings. The van der Waals surface area contributed by atoms with Crippen LogP contribution in [0.3, 0.4) is 0 Å². The molecule has 1 aromatic rings. The maximum atomic E-state index is 13.2. The molecule has 4 rings (SSSR count). The molecule has 0 spiro atoms. The second-order valence-corrected chi connectivity index (χ2v) is 9.47. The van der Waals surface area contributed by atoms with Crippen LogP contribution in [-0.2, 0) is 23.8 Å². The average Bonchev–Trinajstić information content (AvgIpc) is 3.48. The van der Waals surface area contributed by atoms with Crippen LogP contribution in [0, 0.1) is 5.92 Å². The van der Waals surface area contributed by atoms with Crippen LogP contribution in [0.5, 0.6) is 0 Å². The fourth-order valence-corrected chi connectivity index (χ4v) is 5.44. The first-order chi connectivity index (χ1) is 14.4. The van der Waals surface area contributed by atoms with E-state index in [1.807, 2.05) is 44.2 Å². The Kier molecular flexibility index (Phi) is 5.90. The van der Waals surface area contributed by atoms with E-state index in [0.717, 1.165) is 35.7 Å². The predicted octanol–water partition coefficient (Wildman–Crippen LogP) is 3.05. The number of benzene rings is 1. The molecule has 0 aliphatic carbocycles. The van der Waals surface area contributed by atoms with E-state index in [9.17, 15) is 9.59 Å². The van der Waals surface area contributed by atoms with E-state index in [0.29, 0.717) is 24.3 Å². The zero-order valence-corrected chi connectivity index (χ0v) is 18.5. The molecule has 3 heterocycles. The number of fused-ring (bicyclic) bond motifs is 5. The number of carbonyl (C=O) groups is 2. The van der Waals surface area contributed by atoms with Crippen LogP contribution in [-0.4, -0.2) is 67.5 Å². The number of hydrogen-bond donors (Lipinski definition) is 0. The molecule has 3 saturated heterocycles. The molecular weight excluding hydrogens is 382 g/mol. The highest BCUT2D eigenvalue weighted by Gasteiger charge is 2.70. The van der Waals surface area contributed by atoms with Crippen molar-refractivity contribution in [1.82, 2.24) is 0 Å². The average molecular weight is 417 g/mol. The van der Waals surface area contributed by atoms with Crippen molar-refractivity contribution >= 4 is 11.9 Å². The quantitative estimate of drug-likeness (QED) is 0.370. The third-order valence-electron chi connectivity index (χ3n) is 7.52. The van der Waals surface area contributed by atoms with Crippen molar-refractivity contribution in [2.45, 2.75) is 75.8 Å². The van der Waals surface area contributed by atoms with Gasteiger partial charge in [-0.1, -0.05) is 44.2 Å². The largest absolute Gasteiger partial charge is 0.464 e. The number of epoxide rings is 1. The Morgan fingerprint density at radius 2 is 1.63 bits per heavy atom. The van der Waals surface area contributed by atoms with E-state index >= 15 is 0 Å². The fraction of sp³-hybridized carbons (Fsp3) is 0.667. The van der Waals surface area contributed by atoms with Crippen LogP contribution in [0.25, 0.3) is 0 Å². The first-order valence-corrected chi connectivity index (χ1v) is 11.3. The lowest BCUT2D eigenvalue weighted by Crippen LogP contribution is -2.60. The summed E-state index contributed by atoms with van der Waals surface area (Å²) in [5, 5.41) is 0. The number of likely N-dealkylation sites (N-methyl/N-ethyl adjacent to an activating group) is 1. The minimum absolute atomic E-state index is 0.0215. The van der Waals surface area contributed by atoms with Crippen molar-refractivity contribution in [1.29, 1.82) is 0 Å².